The lowest BCUT2D eigenvalue weighted by molar-refractivity contribution is 0.308. The molecule has 2 nitrogen and oxygen atoms in total. The molecular weight excluding hydrogens is 348 g/mol. The summed E-state index contributed by atoms with van der Waals surface area (Å²) >= 11 is 5.18. The molecule has 0 saturated heterocycles. The smallest absolute Gasteiger partial charge is 0.127 e. The number of benzene rings is 2. The minimum atomic E-state index is 0.567. The fourth-order valence-corrected chi connectivity index (χ4v) is 3.18. The molecule has 106 valence electrons. The van der Waals surface area contributed by atoms with Crippen molar-refractivity contribution in [3.05, 3.63) is 75.4 Å². The number of hydrogen-bond donors (Lipinski definition) is 0. The third-order valence-corrected chi connectivity index (χ3v) is 4.76. The van der Waals surface area contributed by atoms with Crippen LogP contribution in [0.4, 0.5) is 0 Å². The second-order valence-electron chi connectivity index (χ2n) is 4.37. The summed E-state index contributed by atoms with van der Waals surface area (Å²) in [5.74, 6) is 2.45. The van der Waals surface area contributed by atoms with Gasteiger partial charge in [-0.2, -0.15) is 0 Å². The van der Waals surface area contributed by atoms with E-state index >= 15 is 0 Å². The Morgan fingerprint density at radius 1 is 0.810 bits per heavy atom. The van der Waals surface area contributed by atoms with E-state index in [0.717, 1.165) is 21.7 Å². The number of ether oxygens (including phenoxy) is 2. The average Bonchev–Trinajstić information content (AvgIpc) is 2.93. The SMILES string of the molecule is Brc1ccsc1COc1ccc(Oc2ccccc2)cc1. The van der Waals surface area contributed by atoms with E-state index in [0.29, 0.717) is 6.61 Å². The maximum absolute atomic E-state index is 5.76. The Hall–Kier alpha value is -1.78. The highest BCUT2D eigenvalue weighted by molar-refractivity contribution is 9.10. The first-order chi connectivity index (χ1) is 10.3. The van der Waals surface area contributed by atoms with E-state index < -0.39 is 0 Å². The number of halogens is 1. The molecule has 0 N–H and O–H groups in total. The molecule has 0 aliphatic carbocycles. The van der Waals surface area contributed by atoms with Gasteiger partial charge in [-0.05, 0) is 63.8 Å². The minimum absolute atomic E-state index is 0.567. The Bertz CT molecular complexity index is 692. The Balaban J connectivity index is 1.60. The van der Waals surface area contributed by atoms with E-state index in [2.05, 4.69) is 15.9 Å². The van der Waals surface area contributed by atoms with Crippen molar-refractivity contribution in [1.29, 1.82) is 0 Å². The maximum atomic E-state index is 5.76. The molecule has 1 heterocycles. The Morgan fingerprint density at radius 2 is 1.48 bits per heavy atom. The molecule has 0 unspecified atom stereocenters. The van der Waals surface area contributed by atoms with E-state index in [1.165, 1.54) is 4.88 Å². The summed E-state index contributed by atoms with van der Waals surface area (Å²) in [4.78, 5) is 1.18. The fraction of sp³-hybridized carbons (Fsp3) is 0.0588. The predicted molar refractivity (Wildman–Crippen MR) is 89.3 cm³/mol. The molecule has 0 radical (unpaired) electrons. The van der Waals surface area contributed by atoms with Gasteiger partial charge in [-0.25, -0.2) is 0 Å². The molecule has 0 aliphatic rings. The van der Waals surface area contributed by atoms with Gasteiger partial charge < -0.3 is 9.47 Å². The first-order valence-electron chi connectivity index (χ1n) is 6.49. The standard InChI is InChI=1S/C17H13BrO2S/c18-16-10-11-21-17(16)12-19-13-6-8-15(9-7-13)20-14-4-2-1-3-5-14/h1-11H,12H2. The second-order valence-corrected chi connectivity index (χ2v) is 6.22. The molecule has 0 saturated carbocycles. The van der Waals surface area contributed by atoms with Gasteiger partial charge in [0.2, 0.25) is 0 Å². The average molecular weight is 361 g/mol. The first kappa shape index (κ1) is 14.2. The number of rotatable bonds is 5. The lowest BCUT2D eigenvalue weighted by atomic mass is 10.3. The van der Waals surface area contributed by atoms with Crippen LogP contribution in [0.1, 0.15) is 4.88 Å². The van der Waals surface area contributed by atoms with Crippen molar-refractivity contribution >= 4 is 27.3 Å². The third kappa shape index (κ3) is 3.86. The number of hydrogen-bond acceptors (Lipinski definition) is 3. The first-order valence-corrected chi connectivity index (χ1v) is 8.16. The fourth-order valence-electron chi connectivity index (χ4n) is 1.81. The number of para-hydroxylation sites is 1. The van der Waals surface area contributed by atoms with Gasteiger partial charge in [0, 0.05) is 4.47 Å². The van der Waals surface area contributed by atoms with Crippen LogP contribution in [-0.4, -0.2) is 0 Å². The van der Waals surface area contributed by atoms with Crippen molar-refractivity contribution in [2.75, 3.05) is 0 Å². The highest BCUT2D eigenvalue weighted by Crippen LogP contribution is 2.26. The highest BCUT2D eigenvalue weighted by Gasteiger charge is 2.03. The molecule has 3 rings (SSSR count). The molecule has 0 amide bonds. The molecule has 0 bridgehead atoms. The quantitative estimate of drug-likeness (QED) is 0.565. The van der Waals surface area contributed by atoms with E-state index in [1.54, 1.807) is 11.3 Å². The van der Waals surface area contributed by atoms with Gasteiger partial charge in [0.1, 0.15) is 23.9 Å². The van der Waals surface area contributed by atoms with E-state index in [4.69, 9.17) is 9.47 Å². The van der Waals surface area contributed by atoms with Crippen LogP contribution >= 0.6 is 27.3 Å². The lowest BCUT2D eigenvalue weighted by Crippen LogP contribution is -1.93. The number of thiophene rings is 1. The van der Waals surface area contributed by atoms with Crippen molar-refractivity contribution in [3.8, 4) is 17.2 Å². The molecule has 0 atom stereocenters. The zero-order chi connectivity index (χ0) is 14.5. The van der Waals surface area contributed by atoms with Gasteiger partial charge >= 0.3 is 0 Å². The van der Waals surface area contributed by atoms with Crippen molar-refractivity contribution in [1.82, 2.24) is 0 Å². The summed E-state index contributed by atoms with van der Waals surface area (Å²) in [7, 11) is 0. The molecule has 1 aromatic heterocycles. The summed E-state index contributed by atoms with van der Waals surface area (Å²) in [6, 6.07) is 19.4. The van der Waals surface area contributed by atoms with Crippen LogP contribution in [0.3, 0.4) is 0 Å². The highest BCUT2D eigenvalue weighted by atomic mass is 79.9. The summed E-state index contributed by atoms with van der Waals surface area (Å²) in [6.45, 7) is 0.567. The van der Waals surface area contributed by atoms with Gasteiger partial charge in [-0.3, -0.25) is 0 Å². The van der Waals surface area contributed by atoms with Gasteiger partial charge in [0.25, 0.3) is 0 Å². The van der Waals surface area contributed by atoms with Crippen molar-refractivity contribution in [3.63, 3.8) is 0 Å². The van der Waals surface area contributed by atoms with Crippen LogP contribution in [0.5, 0.6) is 17.2 Å². The molecule has 3 aromatic rings. The molecule has 21 heavy (non-hydrogen) atoms. The van der Waals surface area contributed by atoms with Gasteiger partial charge in [0.15, 0.2) is 0 Å². The molecule has 2 aromatic carbocycles. The van der Waals surface area contributed by atoms with Gasteiger partial charge in [-0.15, -0.1) is 11.3 Å². The minimum Gasteiger partial charge on any atom is -0.488 e. The zero-order valence-electron chi connectivity index (χ0n) is 11.2. The van der Waals surface area contributed by atoms with E-state index in [-0.39, 0.29) is 0 Å². The Kier molecular flexibility index (Phi) is 4.58. The summed E-state index contributed by atoms with van der Waals surface area (Å²) in [6.07, 6.45) is 0. The van der Waals surface area contributed by atoms with Crippen LogP contribution in [-0.2, 0) is 6.61 Å². The van der Waals surface area contributed by atoms with Crippen LogP contribution in [0, 0.1) is 0 Å². The molecule has 0 spiro atoms. The predicted octanol–water partition coefficient (Wildman–Crippen LogP) is 5.88. The summed E-state index contributed by atoms with van der Waals surface area (Å²) < 4.78 is 12.6. The molecule has 0 aliphatic heterocycles. The van der Waals surface area contributed by atoms with Crippen LogP contribution in [0.25, 0.3) is 0 Å². The van der Waals surface area contributed by atoms with Crippen molar-refractivity contribution in [2.45, 2.75) is 6.61 Å². The van der Waals surface area contributed by atoms with Gasteiger partial charge in [-0.1, -0.05) is 18.2 Å². The van der Waals surface area contributed by atoms with Crippen LogP contribution in [0.15, 0.2) is 70.5 Å². The molecule has 4 heteroatoms. The molecule has 0 fully saturated rings. The van der Waals surface area contributed by atoms with E-state index in [9.17, 15) is 0 Å². The summed E-state index contributed by atoms with van der Waals surface area (Å²) in [5, 5.41) is 2.04. The second kappa shape index (κ2) is 6.78. The maximum Gasteiger partial charge on any atom is 0.127 e. The topological polar surface area (TPSA) is 18.5 Å². The Morgan fingerprint density at radius 3 is 2.14 bits per heavy atom. The van der Waals surface area contributed by atoms with Crippen LogP contribution in [0.2, 0.25) is 0 Å². The lowest BCUT2D eigenvalue weighted by Gasteiger charge is -2.08. The Labute approximate surface area is 136 Å². The van der Waals surface area contributed by atoms with Crippen molar-refractivity contribution < 1.29 is 9.47 Å². The van der Waals surface area contributed by atoms with Crippen LogP contribution < -0.4 is 9.47 Å². The largest absolute Gasteiger partial charge is 0.488 e. The molecular formula is C17H13BrO2S. The van der Waals surface area contributed by atoms with E-state index in [1.807, 2.05) is 66.0 Å². The van der Waals surface area contributed by atoms with Crippen molar-refractivity contribution in [2.24, 2.45) is 0 Å². The van der Waals surface area contributed by atoms with Gasteiger partial charge in [0.05, 0.1) is 4.88 Å². The zero-order valence-corrected chi connectivity index (χ0v) is 13.6. The summed E-state index contributed by atoms with van der Waals surface area (Å²) in [5.41, 5.74) is 0. The third-order valence-electron chi connectivity index (χ3n) is 2.86. The normalized spacial score (nSPS) is 10.3. The monoisotopic (exact) mass is 360 g/mol.